The van der Waals surface area contributed by atoms with E-state index in [0.717, 1.165) is 11.3 Å². The molecule has 1 saturated heterocycles. The summed E-state index contributed by atoms with van der Waals surface area (Å²) in [5.74, 6) is 2.45. The van der Waals surface area contributed by atoms with Gasteiger partial charge in [0.05, 0.1) is 0 Å². The molecule has 2 rings (SSSR count). The van der Waals surface area contributed by atoms with Crippen LogP contribution in [0.1, 0.15) is 45.4 Å². The van der Waals surface area contributed by atoms with E-state index in [9.17, 15) is 0 Å². The van der Waals surface area contributed by atoms with E-state index < -0.39 is 0 Å². The van der Waals surface area contributed by atoms with Crippen LogP contribution in [0.15, 0.2) is 0 Å². The van der Waals surface area contributed by atoms with Gasteiger partial charge in [-0.25, -0.2) is 0 Å². The third-order valence-corrected chi connectivity index (χ3v) is 5.27. The van der Waals surface area contributed by atoms with Crippen LogP contribution in [-0.4, -0.2) is 36.5 Å². The van der Waals surface area contributed by atoms with Crippen molar-refractivity contribution >= 4 is 11.8 Å². The molecule has 0 unspecified atom stereocenters. The van der Waals surface area contributed by atoms with E-state index in [0.29, 0.717) is 0 Å². The number of thioether (sulfide) groups is 1. The fraction of sp³-hybridized carbons (Fsp3) is 1.00. The summed E-state index contributed by atoms with van der Waals surface area (Å²) in [5, 5.41) is 0. The number of likely N-dealkylation sites (tertiary alicyclic amines) is 1. The molecule has 1 spiro atoms. The quantitative estimate of drug-likeness (QED) is 0.723. The number of hydrogen-bond donors (Lipinski definition) is 0. The topological polar surface area (TPSA) is 3.24 Å². The van der Waals surface area contributed by atoms with Gasteiger partial charge in [-0.2, -0.15) is 11.8 Å². The molecule has 2 aliphatic rings. The number of piperidine rings is 1. The molecule has 94 valence electrons. The first-order valence-electron chi connectivity index (χ1n) is 6.99. The smallest absolute Gasteiger partial charge is 0.00134 e. The van der Waals surface area contributed by atoms with Crippen LogP contribution in [0.3, 0.4) is 0 Å². The van der Waals surface area contributed by atoms with Crippen molar-refractivity contribution in [2.45, 2.75) is 45.4 Å². The average molecular weight is 241 g/mol. The lowest BCUT2D eigenvalue weighted by Crippen LogP contribution is -2.47. The summed E-state index contributed by atoms with van der Waals surface area (Å²) in [6.45, 7) is 6.38. The van der Waals surface area contributed by atoms with Crippen molar-refractivity contribution in [3.8, 4) is 0 Å². The van der Waals surface area contributed by atoms with E-state index in [1.54, 1.807) is 12.8 Å². The highest BCUT2D eigenvalue weighted by atomic mass is 32.2. The summed E-state index contributed by atoms with van der Waals surface area (Å²) in [6, 6.07) is 0. The molecular formula is C14H27NS. The standard InChI is InChI=1S/C14H27NS/c1-3-7-15-8-5-14(6-9-15)11-13(12-14)4-10-16-2/h13H,3-12H2,1-2H3. The van der Waals surface area contributed by atoms with E-state index >= 15 is 0 Å². The van der Waals surface area contributed by atoms with Crippen LogP contribution in [0.2, 0.25) is 0 Å². The van der Waals surface area contributed by atoms with Gasteiger partial charge in [-0.3, -0.25) is 0 Å². The molecule has 1 aliphatic heterocycles. The van der Waals surface area contributed by atoms with Crippen LogP contribution in [0.4, 0.5) is 0 Å². The maximum absolute atomic E-state index is 2.67. The Bertz CT molecular complexity index is 193. The lowest BCUT2D eigenvalue weighted by molar-refractivity contribution is -0.0137. The number of nitrogens with zero attached hydrogens (tertiary/aromatic N) is 1. The van der Waals surface area contributed by atoms with Gasteiger partial charge in [0.15, 0.2) is 0 Å². The summed E-state index contributed by atoms with van der Waals surface area (Å²) in [7, 11) is 0. The van der Waals surface area contributed by atoms with Crippen molar-refractivity contribution in [3.05, 3.63) is 0 Å². The molecule has 2 heteroatoms. The average Bonchev–Trinajstić information content (AvgIpc) is 2.26. The fourth-order valence-electron chi connectivity index (χ4n) is 3.63. The molecule has 0 aromatic rings. The minimum atomic E-state index is 0.799. The minimum absolute atomic E-state index is 0.799. The van der Waals surface area contributed by atoms with Gasteiger partial charge in [0.2, 0.25) is 0 Å². The first kappa shape index (κ1) is 12.8. The summed E-state index contributed by atoms with van der Waals surface area (Å²) < 4.78 is 0. The van der Waals surface area contributed by atoms with Gasteiger partial charge in [0, 0.05) is 0 Å². The Morgan fingerprint density at radius 2 is 1.94 bits per heavy atom. The third-order valence-electron chi connectivity index (χ3n) is 4.63. The van der Waals surface area contributed by atoms with Gasteiger partial charge in [0.25, 0.3) is 0 Å². The Balaban J connectivity index is 1.66. The molecule has 0 radical (unpaired) electrons. The molecule has 0 aromatic carbocycles. The van der Waals surface area contributed by atoms with Gasteiger partial charge >= 0.3 is 0 Å². The predicted molar refractivity (Wildman–Crippen MR) is 74.1 cm³/mol. The Morgan fingerprint density at radius 1 is 1.25 bits per heavy atom. The van der Waals surface area contributed by atoms with E-state index in [2.05, 4.69) is 18.1 Å². The molecule has 1 saturated carbocycles. The van der Waals surface area contributed by atoms with E-state index in [4.69, 9.17) is 0 Å². The van der Waals surface area contributed by atoms with Crippen LogP contribution < -0.4 is 0 Å². The van der Waals surface area contributed by atoms with Crippen LogP contribution in [0.5, 0.6) is 0 Å². The molecule has 0 bridgehead atoms. The zero-order valence-corrected chi connectivity index (χ0v) is 11.8. The Kier molecular flexibility index (Phi) is 4.60. The first-order valence-corrected chi connectivity index (χ1v) is 8.39. The summed E-state index contributed by atoms with van der Waals surface area (Å²) in [6.07, 6.45) is 11.1. The summed E-state index contributed by atoms with van der Waals surface area (Å²) >= 11 is 2.01. The lowest BCUT2D eigenvalue weighted by atomic mass is 9.57. The largest absolute Gasteiger partial charge is 0.303 e. The minimum Gasteiger partial charge on any atom is -0.303 e. The predicted octanol–water partition coefficient (Wildman–Crippen LogP) is 3.64. The molecule has 1 aliphatic carbocycles. The highest BCUT2D eigenvalue weighted by Gasteiger charge is 2.44. The highest BCUT2D eigenvalue weighted by Crippen LogP contribution is 2.53. The van der Waals surface area contributed by atoms with Crippen molar-refractivity contribution in [2.24, 2.45) is 11.3 Å². The first-order chi connectivity index (χ1) is 7.78. The van der Waals surface area contributed by atoms with E-state index in [1.807, 2.05) is 11.8 Å². The van der Waals surface area contributed by atoms with Crippen molar-refractivity contribution in [1.29, 1.82) is 0 Å². The number of hydrogen-bond acceptors (Lipinski definition) is 2. The Hall–Kier alpha value is 0.310. The maximum Gasteiger partial charge on any atom is -0.00134 e. The molecule has 0 N–H and O–H groups in total. The normalized spacial score (nSPS) is 25.9. The van der Waals surface area contributed by atoms with Gasteiger partial charge in [0.1, 0.15) is 0 Å². The molecule has 0 amide bonds. The molecule has 0 atom stereocenters. The molecule has 0 aromatic heterocycles. The maximum atomic E-state index is 2.67. The molecule has 1 heterocycles. The monoisotopic (exact) mass is 241 g/mol. The SMILES string of the molecule is CCCN1CCC2(CC1)CC(CCSC)C2. The second kappa shape index (κ2) is 5.77. The van der Waals surface area contributed by atoms with Crippen molar-refractivity contribution < 1.29 is 0 Å². The van der Waals surface area contributed by atoms with Crippen LogP contribution >= 0.6 is 11.8 Å². The lowest BCUT2D eigenvalue weighted by Gasteiger charge is -2.52. The van der Waals surface area contributed by atoms with Gasteiger partial charge in [-0.05, 0) is 81.5 Å². The van der Waals surface area contributed by atoms with E-state index in [-0.39, 0.29) is 0 Å². The van der Waals surface area contributed by atoms with Crippen molar-refractivity contribution in [1.82, 2.24) is 4.90 Å². The zero-order chi connectivity index (χ0) is 11.4. The van der Waals surface area contributed by atoms with Crippen LogP contribution in [0, 0.1) is 11.3 Å². The van der Waals surface area contributed by atoms with E-state index in [1.165, 1.54) is 51.1 Å². The second-order valence-electron chi connectivity index (χ2n) is 5.90. The molecule has 2 fully saturated rings. The Morgan fingerprint density at radius 3 is 2.50 bits per heavy atom. The van der Waals surface area contributed by atoms with Crippen molar-refractivity contribution in [2.75, 3.05) is 31.6 Å². The highest BCUT2D eigenvalue weighted by molar-refractivity contribution is 7.98. The van der Waals surface area contributed by atoms with Crippen LogP contribution in [-0.2, 0) is 0 Å². The second-order valence-corrected chi connectivity index (χ2v) is 6.88. The Labute approximate surface area is 105 Å². The zero-order valence-electron chi connectivity index (χ0n) is 11.0. The van der Waals surface area contributed by atoms with Gasteiger partial charge in [-0.1, -0.05) is 6.92 Å². The molecule has 1 nitrogen and oxygen atoms in total. The molecule has 16 heavy (non-hydrogen) atoms. The fourth-order valence-corrected chi connectivity index (χ4v) is 4.20. The van der Waals surface area contributed by atoms with Gasteiger partial charge < -0.3 is 4.90 Å². The van der Waals surface area contributed by atoms with Gasteiger partial charge in [-0.15, -0.1) is 0 Å². The summed E-state index contributed by atoms with van der Waals surface area (Å²) in [5.41, 5.74) is 0.799. The van der Waals surface area contributed by atoms with Crippen molar-refractivity contribution in [3.63, 3.8) is 0 Å². The summed E-state index contributed by atoms with van der Waals surface area (Å²) in [4.78, 5) is 2.67. The molecular weight excluding hydrogens is 214 g/mol. The number of rotatable bonds is 5. The third kappa shape index (κ3) is 2.95. The van der Waals surface area contributed by atoms with Crippen LogP contribution in [0.25, 0.3) is 0 Å².